The van der Waals surface area contributed by atoms with Crippen LogP contribution < -0.4 is 0 Å². The van der Waals surface area contributed by atoms with Crippen molar-refractivity contribution in [1.29, 1.82) is 0 Å². The Morgan fingerprint density at radius 3 is 2.62 bits per heavy atom. The summed E-state index contributed by atoms with van der Waals surface area (Å²) in [4.78, 5) is 21.3. The van der Waals surface area contributed by atoms with Crippen LogP contribution in [0.3, 0.4) is 0 Å². The van der Waals surface area contributed by atoms with Crippen LogP contribution in [0.15, 0.2) is 6.20 Å². The molecule has 0 atom stereocenters. The van der Waals surface area contributed by atoms with Gasteiger partial charge in [-0.1, -0.05) is 0 Å². The van der Waals surface area contributed by atoms with E-state index in [9.17, 15) is 9.59 Å². The Labute approximate surface area is 46.6 Å². The number of β-lactam (4-membered cyclic amide) rings is 1. The fraction of sp³-hybridized carbons (Fsp3) is 0.400. The van der Waals surface area contributed by atoms with Gasteiger partial charge in [0.25, 0.3) is 0 Å². The maximum atomic E-state index is 10.3. The molecule has 0 spiro atoms. The zero-order valence-corrected chi connectivity index (χ0v) is 4.26. The predicted molar refractivity (Wildman–Crippen MR) is 26.6 cm³/mol. The van der Waals surface area contributed by atoms with Crippen molar-refractivity contribution < 1.29 is 9.59 Å². The first-order chi connectivity index (χ1) is 3.84. The van der Waals surface area contributed by atoms with Crippen molar-refractivity contribution in [3.63, 3.8) is 0 Å². The number of hydrogen-bond acceptors (Lipinski definition) is 2. The van der Waals surface area contributed by atoms with E-state index in [1.807, 2.05) is 0 Å². The van der Waals surface area contributed by atoms with Gasteiger partial charge in [0.15, 0.2) is 0 Å². The SMILES string of the molecule is O=C=CN1CCC1=O. The molecule has 0 saturated carbocycles. The summed E-state index contributed by atoms with van der Waals surface area (Å²) >= 11 is 0. The van der Waals surface area contributed by atoms with Gasteiger partial charge < -0.3 is 4.90 Å². The first kappa shape index (κ1) is 5.06. The van der Waals surface area contributed by atoms with Crippen molar-refractivity contribution >= 4 is 11.8 Å². The lowest BCUT2D eigenvalue weighted by molar-refractivity contribution is -0.135. The van der Waals surface area contributed by atoms with Crippen LogP contribution in [0.4, 0.5) is 0 Å². The fourth-order valence-corrected chi connectivity index (χ4v) is 0.532. The molecule has 1 saturated heterocycles. The molecule has 3 heteroatoms. The molecule has 1 rings (SSSR count). The van der Waals surface area contributed by atoms with Gasteiger partial charge in [0.05, 0.1) is 6.20 Å². The molecule has 0 aromatic carbocycles. The largest absolute Gasteiger partial charge is 0.308 e. The van der Waals surface area contributed by atoms with Gasteiger partial charge in [-0.25, -0.2) is 4.79 Å². The van der Waals surface area contributed by atoms with E-state index in [1.54, 1.807) is 0 Å². The molecule has 0 aromatic rings. The van der Waals surface area contributed by atoms with E-state index in [0.29, 0.717) is 13.0 Å². The van der Waals surface area contributed by atoms with E-state index in [4.69, 9.17) is 0 Å². The number of amides is 1. The molecule has 42 valence electrons. The Balaban J connectivity index is 2.49. The molecular weight excluding hydrogens is 106 g/mol. The van der Waals surface area contributed by atoms with Gasteiger partial charge in [0.2, 0.25) is 5.91 Å². The second kappa shape index (κ2) is 1.80. The van der Waals surface area contributed by atoms with Crippen molar-refractivity contribution in [2.45, 2.75) is 6.42 Å². The third kappa shape index (κ3) is 0.634. The standard InChI is InChI=1S/C5H5NO2/c7-4-3-6-2-1-5(6)8/h3H,1-2H2. The highest BCUT2D eigenvalue weighted by atomic mass is 16.2. The van der Waals surface area contributed by atoms with E-state index < -0.39 is 0 Å². The van der Waals surface area contributed by atoms with Crippen molar-refractivity contribution in [3.05, 3.63) is 6.20 Å². The second-order valence-electron chi connectivity index (χ2n) is 1.58. The molecule has 0 N–H and O–H groups in total. The van der Waals surface area contributed by atoms with Crippen LogP contribution in [-0.2, 0) is 9.59 Å². The quantitative estimate of drug-likeness (QED) is 0.340. The van der Waals surface area contributed by atoms with Crippen molar-refractivity contribution in [2.75, 3.05) is 6.54 Å². The van der Waals surface area contributed by atoms with E-state index in [-0.39, 0.29) is 5.91 Å². The van der Waals surface area contributed by atoms with Crippen LogP contribution in [0.2, 0.25) is 0 Å². The monoisotopic (exact) mass is 111 g/mol. The highest BCUT2D eigenvalue weighted by molar-refractivity contribution is 5.83. The zero-order valence-electron chi connectivity index (χ0n) is 4.26. The Hall–Kier alpha value is -1.08. The van der Waals surface area contributed by atoms with Crippen LogP contribution in [0.5, 0.6) is 0 Å². The topological polar surface area (TPSA) is 37.4 Å². The summed E-state index contributed by atoms with van der Waals surface area (Å²) < 4.78 is 0. The minimum absolute atomic E-state index is 0.00773. The molecule has 8 heavy (non-hydrogen) atoms. The Morgan fingerprint density at radius 2 is 2.50 bits per heavy atom. The van der Waals surface area contributed by atoms with Gasteiger partial charge in [-0.15, -0.1) is 0 Å². The van der Waals surface area contributed by atoms with E-state index >= 15 is 0 Å². The molecule has 1 amide bonds. The van der Waals surface area contributed by atoms with E-state index in [0.717, 1.165) is 6.20 Å². The number of nitrogens with zero attached hydrogens (tertiary/aromatic N) is 1. The average molecular weight is 111 g/mol. The molecule has 1 aliphatic heterocycles. The minimum Gasteiger partial charge on any atom is -0.308 e. The lowest BCUT2D eigenvalue weighted by atomic mass is 10.2. The number of carbonyl (C=O) groups excluding carboxylic acids is 2. The summed E-state index contributed by atoms with van der Waals surface area (Å²) in [5.41, 5.74) is 0. The molecular formula is C5H5NO2. The molecule has 1 aliphatic rings. The second-order valence-corrected chi connectivity index (χ2v) is 1.58. The van der Waals surface area contributed by atoms with Crippen LogP contribution in [0.1, 0.15) is 6.42 Å². The summed E-state index contributed by atoms with van der Waals surface area (Å²) in [7, 11) is 0. The maximum absolute atomic E-state index is 10.3. The smallest absolute Gasteiger partial charge is 0.228 e. The third-order valence-corrected chi connectivity index (χ3v) is 1.10. The van der Waals surface area contributed by atoms with Gasteiger partial charge >= 0.3 is 0 Å². The van der Waals surface area contributed by atoms with Gasteiger partial charge in [0, 0.05) is 13.0 Å². The summed E-state index contributed by atoms with van der Waals surface area (Å²) in [6.07, 6.45) is 1.70. The average Bonchev–Trinajstić information content (AvgIpc) is 1.79. The summed E-state index contributed by atoms with van der Waals surface area (Å²) in [6, 6.07) is 0. The van der Waals surface area contributed by atoms with Crippen LogP contribution >= 0.6 is 0 Å². The molecule has 0 aromatic heterocycles. The minimum atomic E-state index is 0.00773. The highest BCUT2D eigenvalue weighted by Gasteiger charge is 2.20. The number of rotatable bonds is 1. The van der Waals surface area contributed by atoms with E-state index in [2.05, 4.69) is 0 Å². The lowest BCUT2D eigenvalue weighted by Gasteiger charge is -2.24. The first-order valence-electron chi connectivity index (χ1n) is 2.35. The summed E-state index contributed by atoms with van der Waals surface area (Å²) in [5.74, 6) is 1.54. The normalized spacial score (nSPS) is 17.0. The maximum Gasteiger partial charge on any atom is 0.228 e. The first-order valence-corrected chi connectivity index (χ1v) is 2.35. The summed E-state index contributed by atoms with van der Waals surface area (Å²) in [6.45, 7) is 0.675. The molecule has 0 aliphatic carbocycles. The Morgan fingerprint density at radius 1 is 1.75 bits per heavy atom. The van der Waals surface area contributed by atoms with Crippen molar-refractivity contribution in [1.82, 2.24) is 4.90 Å². The Kier molecular flexibility index (Phi) is 1.14. The van der Waals surface area contributed by atoms with Gasteiger partial charge in [-0.2, -0.15) is 0 Å². The number of hydrogen-bond donors (Lipinski definition) is 0. The van der Waals surface area contributed by atoms with Gasteiger partial charge in [-0.3, -0.25) is 4.79 Å². The molecule has 1 fully saturated rings. The summed E-state index contributed by atoms with van der Waals surface area (Å²) in [5, 5.41) is 0. The number of likely N-dealkylation sites (tertiary alicyclic amines) is 1. The van der Waals surface area contributed by atoms with Crippen LogP contribution in [-0.4, -0.2) is 23.3 Å². The highest BCUT2D eigenvalue weighted by Crippen LogP contribution is 2.06. The van der Waals surface area contributed by atoms with Gasteiger partial charge in [-0.05, 0) is 0 Å². The van der Waals surface area contributed by atoms with Crippen molar-refractivity contribution in [3.8, 4) is 0 Å². The lowest BCUT2D eigenvalue weighted by Crippen LogP contribution is -2.38. The molecule has 0 bridgehead atoms. The third-order valence-electron chi connectivity index (χ3n) is 1.10. The number of carbonyl (C=O) groups is 1. The zero-order chi connectivity index (χ0) is 5.98. The fourth-order valence-electron chi connectivity index (χ4n) is 0.532. The predicted octanol–water partition coefficient (Wildman–Crippen LogP) is -0.436. The molecule has 1 heterocycles. The van der Waals surface area contributed by atoms with Crippen LogP contribution in [0, 0.1) is 0 Å². The Bertz CT molecular complexity index is 156. The molecule has 0 unspecified atom stereocenters. The van der Waals surface area contributed by atoms with E-state index in [1.165, 1.54) is 10.8 Å². The molecule has 0 radical (unpaired) electrons. The van der Waals surface area contributed by atoms with Crippen LogP contribution in [0.25, 0.3) is 0 Å². The van der Waals surface area contributed by atoms with Gasteiger partial charge in [0.1, 0.15) is 5.94 Å². The molecule has 3 nitrogen and oxygen atoms in total. The van der Waals surface area contributed by atoms with Crippen molar-refractivity contribution in [2.24, 2.45) is 0 Å².